The van der Waals surface area contributed by atoms with E-state index in [9.17, 15) is 9.90 Å². The summed E-state index contributed by atoms with van der Waals surface area (Å²) in [6, 6.07) is 5.19. The highest BCUT2D eigenvalue weighted by Gasteiger charge is 2.09. The van der Waals surface area contributed by atoms with Gasteiger partial charge in [0.05, 0.1) is 5.92 Å². The van der Waals surface area contributed by atoms with Gasteiger partial charge in [-0.05, 0) is 24.1 Å². The number of ether oxygens (including phenoxy) is 1. The predicted octanol–water partition coefficient (Wildman–Crippen LogP) is 2.40. The SMILES string of the molecule is Cc1c(O)cccc1COC(=O)C(C)C. The molecule has 0 aliphatic carbocycles. The van der Waals surface area contributed by atoms with Crippen molar-refractivity contribution in [3.8, 4) is 5.75 Å². The summed E-state index contributed by atoms with van der Waals surface area (Å²) in [5.41, 5.74) is 1.60. The van der Waals surface area contributed by atoms with E-state index < -0.39 is 0 Å². The molecule has 0 bridgehead atoms. The molecule has 1 rings (SSSR count). The standard InChI is InChI=1S/C12H16O3/c1-8(2)12(14)15-7-10-5-4-6-11(13)9(10)3/h4-6,8,13H,7H2,1-3H3. The molecular formula is C12H16O3. The largest absolute Gasteiger partial charge is 0.508 e. The van der Waals surface area contributed by atoms with Gasteiger partial charge < -0.3 is 9.84 Å². The summed E-state index contributed by atoms with van der Waals surface area (Å²) in [5.74, 6) is -0.117. The summed E-state index contributed by atoms with van der Waals surface area (Å²) >= 11 is 0. The van der Waals surface area contributed by atoms with Crippen LogP contribution in [-0.4, -0.2) is 11.1 Å². The maximum absolute atomic E-state index is 11.2. The van der Waals surface area contributed by atoms with Crippen LogP contribution in [0.1, 0.15) is 25.0 Å². The minimum atomic E-state index is -0.224. The van der Waals surface area contributed by atoms with Gasteiger partial charge in [-0.2, -0.15) is 0 Å². The number of esters is 1. The van der Waals surface area contributed by atoms with Crippen LogP contribution in [0, 0.1) is 12.8 Å². The summed E-state index contributed by atoms with van der Waals surface area (Å²) in [6.07, 6.45) is 0. The number of phenols is 1. The zero-order chi connectivity index (χ0) is 11.4. The third-order valence-corrected chi connectivity index (χ3v) is 2.26. The monoisotopic (exact) mass is 208 g/mol. The summed E-state index contributed by atoms with van der Waals surface area (Å²) < 4.78 is 5.08. The zero-order valence-electron chi connectivity index (χ0n) is 9.28. The molecule has 82 valence electrons. The van der Waals surface area contributed by atoms with Gasteiger partial charge in [-0.25, -0.2) is 0 Å². The maximum Gasteiger partial charge on any atom is 0.308 e. The first-order chi connectivity index (χ1) is 7.02. The molecule has 0 radical (unpaired) electrons. The Labute approximate surface area is 89.7 Å². The lowest BCUT2D eigenvalue weighted by Gasteiger charge is -2.09. The van der Waals surface area contributed by atoms with Crippen LogP contribution in [0.4, 0.5) is 0 Å². The maximum atomic E-state index is 11.2. The molecular weight excluding hydrogens is 192 g/mol. The number of phenolic OH excluding ortho intramolecular Hbond substituents is 1. The molecule has 1 aromatic carbocycles. The normalized spacial score (nSPS) is 10.4. The van der Waals surface area contributed by atoms with Crippen LogP contribution >= 0.6 is 0 Å². The quantitative estimate of drug-likeness (QED) is 0.776. The molecule has 3 nitrogen and oxygen atoms in total. The highest BCUT2D eigenvalue weighted by molar-refractivity contribution is 5.71. The summed E-state index contributed by atoms with van der Waals surface area (Å²) in [7, 11) is 0. The van der Waals surface area contributed by atoms with Gasteiger partial charge in [-0.1, -0.05) is 26.0 Å². The van der Waals surface area contributed by atoms with Crippen LogP contribution in [0.25, 0.3) is 0 Å². The number of hydrogen-bond acceptors (Lipinski definition) is 3. The number of benzene rings is 1. The molecule has 0 aromatic heterocycles. The minimum absolute atomic E-state index is 0.123. The molecule has 15 heavy (non-hydrogen) atoms. The Balaban J connectivity index is 2.66. The van der Waals surface area contributed by atoms with Crippen LogP contribution in [0.5, 0.6) is 5.75 Å². The summed E-state index contributed by atoms with van der Waals surface area (Å²) in [4.78, 5) is 11.2. The van der Waals surface area contributed by atoms with Gasteiger partial charge >= 0.3 is 5.97 Å². The van der Waals surface area contributed by atoms with E-state index in [0.29, 0.717) is 0 Å². The number of hydrogen-bond donors (Lipinski definition) is 1. The second-order valence-corrected chi connectivity index (χ2v) is 3.82. The van der Waals surface area contributed by atoms with Gasteiger partial charge in [0.25, 0.3) is 0 Å². The van der Waals surface area contributed by atoms with Crippen molar-refractivity contribution in [2.75, 3.05) is 0 Å². The Kier molecular flexibility index (Phi) is 3.72. The first-order valence-electron chi connectivity index (χ1n) is 4.96. The molecule has 0 saturated heterocycles. The Morgan fingerprint density at radius 2 is 2.13 bits per heavy atom. The Hall–Kier alpha value is -1.51. The van der Waals surface area contributed by atoms with Crippen molar-refractivity contribution in [1.82, 2.24) is 0 Å². The Morgan fingerprint density at radius 3 is 2.73 bits per heavy atom. The summed E-state index contributed by atoms with van der Waals surface area (Å²) in [5, 5.41) is 9.43. The molecule has 0 amide bonds. The van der Waals surface area contributed by atoms with E-state index in [1.54, 1.807) is 32.9 Å². The van der Waals surface area contributed by atoms with Gasteiger partial charge in [0.1, 0.15) is 12.4 Å². The average molecular weight is 208 g/mol. The number of carbonyl (C=O) groups is 1. The van der Waals surface area contributed by atoms with Crippen LogP contribution in [-0.2, 0) is 16.1 Å². The van der Waals surface area contributed by atoms with E-state index in [4.69, 9.17) is 4.74 Å². The third-order valence-electron chi connectivity index (χ3n) is 2.26. The van der Waals surface area contributed by atoms with Crippen molar-refractivity contribution < 1.29 is 14.6 Å². The van der Waals surface area contributed by atoms with E-state index >= 15 is 0 Å². The molecule has 0 saturated carbocycles. The van der Waals surface area contributed by atoms with Crippen LogP contribution in [0.2, 0.25) is 0 Å². The molecule has 1 N–H and O–H groups in total. The molecule has 0 aliphatic rings. The number of carbonyl (C=O) groups excluding carboxylic acids is 1. The van der Waals surface area contributed by atoms with Gasteiger partial charge in [-0.3, -0.25) is 4.79 Å². The van der Waals surface area contributed by atoms with Crippen LogP contribution in [0.3, 0.4) is 0 Å². The minimum Gasteiger partial charge on any atom is -0.508 e. The van der Waals surface area contributed by atoms with E-state index in [0.717, 1.165) is 11.1 Å². The first kappa shape index (κ1) is 11.6. The van der Waals surface area contributed by atoms with E-state index in [2.05, 4.69) is 0 Å². The molecule has 0 unspecified atom stereocenters. The first-order valence-corrected chi connectivity index (χ1v) is 4.96. The lowest BCUT2D eigenvalue weighted by atomic mass is 10.1. The molecule has 0 heterocycles. The number of rotatable bonds is 3. The van der Waals surface area contributed by atoms with Crippen LogP contribution in [0.15, 0.2) is 18.2 Å². The van der Waals surface area contributed by atoms with E-state index in [-0.39, 0.29) is 24.2 Å². The van der Waals surface area contributed by atoms with Crippen molar-refractivity contribution in [3.05, 3.63) is 29.3 Å². The van der Waals surface area contributed by atoms with Crippen molar-refractivity contribution in [1.29, 1.82) is 0 Å². The molecule has 0 spiro atoms. The highest BCUT2D eigenvalue weighted by atomic mass is 16.5. The topological polar surface area (TPSA) is 46.5 Å². The molecule has 0 fully saturated rings. The third kappa shape index (κ3) is 2.98. The Bertz CT molecular complexity index is 356. The fraction of sp³-hybridized carbons (Fsp3) is 0.417. The Morgan fingerprint density at radius 1 is 1.47 bits per heavy atom. The van der Waals surface area contributed by atoms with Crippen molar-refractivity contribution in [2.45, 2.75) is 27.4 Å². The molecule has 3 heteroatoms. The van der Waals surface area contributed by atoms with Crippen molar-refractivity contribution in [3.63, 3.8) is 0 Å². The average Bonchev–Trinajstić information content (AvgIpc) is 2.19. The second kappa shape index (κ2) is 4.82. The van der Waals surface area contributed by atoms with Crippen molar-refractivity contribution >= 4 is 5.97 Å². The lowest BCUT2D eigenvalue weighted by Crippen LogP contribution is -2.11. The smallest absolute Gasteiger partial charge is 0.308 e. The van der Waals surface area contributed by atoms with Gasteiger partial charge in [0, 0.05) is 0 Å². The molecule has 0 aliphatic heterocycles. The summed E-state index contributed by atoms with van der Waals surface area (Å²) in [6.45, 7) is 5.60. The second-order valence-electron chi connectivity index (χ2n) is 3.82. The van der Waals surface area contributed by atoms with E-state index in [1.165, 1.54) is 0 Å². The lowest BCUT2D eigenvalue weighted by molar-refractivity contribution is -0.148. The molecule has 1 aromatic rings. The van der Waals surface area contributed by atoms with Gasteiger partial charge in [0.2, 0.25) is 0 Å². The van der Waals surface area contributed by atoms with Gasteiger partial charge in [-0.15, -0.1) is 0 Å². The predicted molar refractivity (Wildman–Crippen MR) is 57.5 cm³/mol. The fourth-order valence-electron chi connectivity index (χ4n) is 1.14. The number of aromatic hydroxyl groups is 1. The van der Waals surface area contributed by atoms with Crippen LogP contribution < -0.4 is 0 Å². The van der Waals surface area contributed by atoms with E-state index in [1.807, 2.05) is 6.07 Å². The fourth-order valence-corrected chi connectivity index (χ4v) is 1.14. The zero-order valence-corrected chi connectivity index (χ0v) is 9.28. The van der Waals surface area contributed by atoms with Crippen molar-refractivity contribution in [2.24, 2.45) is 5.92 Å². The molecule has 0 atom stereocenters. The highest BCUT2D eigenvalue weighted by Crippen LogP contribution is 2.20. The van der Waals surface area contributed by atoms with Gasteiger partial charge in [0.15, 0.2) is 0 Å².